The number of sulfonamides is 1. The van der Waals surface area contributed by atoms with Gasteiger partial charge in [-0.1, -0.05) is 12.1 Å². The summed E-state index contributed by atoms with van der Waals surface area (Å²) in [5, 5.41) is 0. The predicted molar refractivity (Wildman–Crippen MR) is 95.1 cm³/mol. The van der Waals surface area contributed by atoms with E-state index in [-0.39, 0.29) is 17.0 Å². The van der Waals surface area contributed by atoms with Gasteiger partial charge in [-0.3, -0.25) is 0 Å². The van der Waals surface area contributed by atoms with Gasteiger partial charge in [0.15, 0.2) is 0 Å². The zero-order chi connectivity index (χ0) is 18.1. The molecule has 140 valence electrons. The van der Waals surface area contributed by atoms with Gasteiger partial charge in [0.25, 0.3) is 0 Å². The van der Waals surface area contributed by atoms with E-state index in [1.54, 1.807) is 23.5 Å². The average molecular weight is 370 g/mol. The van der Waals surface area contributed by atoms with E-state index >= 15 is 0 Å². The standard InChI is InChI=1S/C18H27FN2O3S/c1-20-11-16(12-24-2)18(14-20)7-9-21(10-8-18)25(22,23)13-15-3-5-17(19)6-4-15/h3-6,16H,7-14H2,1-2H3. The summed E-state index contributed by atoms with van der Waals surface area (Å²) in [6.07, 6.45) is 1.74. The Kier molecular flexibility index (Phi) is 5.48. The van der Waals surface area contributed by atoms with Crippen LogP contribution in [0.1, 0.15) is 18.4 Å². The molecule has 2 aliphatic rings. The van der Waals surface area contributed by atoms with Crippen molar-refractivity contribution >= 4 is 10.0 Å². The molecule has 0 amide bonds. The Labute approximate surface area is 149 Å². The highest BCUT2D eigenvalue weighted by Gasteiger charge is 2.48. The van der Waals surface area contributed by atoms with E-state index in [1.165, 1.54) is 12.1 Å². The molecule has 7 heteroatoms. The number of likely N-dealkylation sites (tertiary alicyclic amines) is 1. The summed E-state index contributed by atoms with van der Waals surface area (Å²) in [5.74, 6) is 0.0434. The largest absolute Gasteiger partial charge is 0.384 e. The quantitative estimate of drug-likeness (QED) is 0.795. The third kappa shape index (κ3) is 4.05. The minimum Gasteiger partial charge on any atom is -0.384 e. The lowest BCUT2D eigenvalue weighted by atomic mass is 9.71. The maximum atomic E-state index is 13.0. The van der Waals surface area contributed by atoms with Gasteiger partial charge in [-0.15, -0.1) is 0 Å². The van der Waals surface area contributed by atoms with Crippen molar-refractivity contribution in [2.45, 2.75) is 18.6 Å². The third-order valence-electron chi connectivity index (χ3n) is 5.72. The van der Waals surface area contributed by atoms with E-state index in [9.17, 15) is 12.8 Å². The molecule has 3 rings (SSSR count). The summed E-state index contributed by atoms with van der Waals surface area (Å²) in [6, 6.07) is 5.69. The first-order valence-corrected chi connectivity index (χ1v) is 10.4. The number of nitrogens with zero attached hydrogens (tertiary/aromatic N) is 2. The molecule has 2 fully saturated rings. The Morgan fingerprint density at radius 1 is 1.24 bits per heavy atom. The van der Waals surface area contributed by atoms with Crippen molar-refractivity contribution in [1.29, 1.82) is 0 Å². The van der Waals surface area contributed by atoms with Crippen molar-refractivity contribution in [1.82, 2.24) is 9.21 Å². The fraction of sp³-hybridized carbons (Fsp3) is 0.667. The number of rotatable bonds is 5. The number of benzene rings is 1. The fourth-order valence-electron chi connectivity index (χ4n) is 4.39. The monoisotopic (exact) mass is 370 g/mol. The summed E-state index contributed by atoms with van der Waals surface area (Å²) >= 11 is 0. The van der Waals surface area contributed by atoms with Crippen LogP contribution in [-0.2, 0) is 20.5 Å². The van der Waals surface area contributed by atoms with Crippen molar-refractivity contribution in [2.24, 2.45) is 11.3 Å². The van der Waals surface area contributed by atoms with Crippen LogP contribution in [-0.4, -0.2) is 64.6 Å². The van der Waals surface area contributed by atoms with Crippen LogP contribution < -0.4 is 0 Å². The van der Waals surface area contributed by atoms with Gasteiger partial charge in [0.05, 0.1) is 12.4 Å². The van der Waals surface area contributed by atoms with Gasteiger partial charge in [-0.2, -0.15) is 0 Å². The highest BCUT2D eigenvalue weighted by atomic mass is 32.2. The van der Waals surface area contributed by atoms with Gasteiger partial charge in [0.1, 0.15) is 5.82 Å². The Morgan fingerprint density at radius 2 is 1.88 bits per heavy atom. The minimum absolute atomic E-state index is 0.0678. The van der Waals surface area contributed by atoms with Crippen LogP contribution in [0.2, 0.25) is 0 Å². The number of hydrogen-bond acceptors (Lipinski definition) is 4. The van der Waals surface area contributed by atoms with Crippen LogP contribution in [0.4, 0.5) is 4.39 Å². The zero-order valence-corrected chi connectivity index (χ0v) is 15.8. The molecule has 0 N–H and O–H groups in total. The van der Waals surface area contributed by atoms with Crippen LogP contribution in [0.3, 0.4) is 0 Å². The second-order valence-electron chi connectivity index (χ2n) is 7.49. The molecule has 0 aromatic heterocycles. The Hall–Kier alpha value is -1.02. The lowest BCUT2D eigenvalue weighted by Gasteiger charge is -2.42. The first-order valence-electron chi connectivity index (χ1n) is 8.74. The molecule has 5 nitrogen and oxygen atoms in total. The Balaban J connectivity index is 1.65. The van der Waals surface area contributed by atoms with Crippen LogP contribution in [0.15, 0.2) is 24.3 Å². The van der Waals surface area contributed by atoms with Crippen molar-refractivity contribution < 1.29 is 17.5 Å². The number of ether oxygens (including phenoxy) is 1. The number of methoxy groups -OCH3 is 1. The van der Waals surface area contributed by atoms with E-state index in [0.717, 1.165) is 32.5 Å². The normalized spacial score (nSPS) is 24.8. The second-order valence-corrected chi connectivity index (χ2v) is 9.46. The van der Waals surface area contributed by atoms with E-state index in [4.69, 9.17) is 4.74 Å². The topological polar surface area (TPSA) is 49.9 Å². The number of piperidine rings is 1. The van der Waals surface area contributed by atoms with Gasteiger partial charge in [0, 0.05) is 39.2 Å². The molecular weight excluding hydrogens is 343 g/mol. The van der Waals surface area contributed by atoms with Crippen molar-refractivity contribution in [3.05, 3.63) is 35.6 Å². The Morgan fingerprint density at radius 3 is 2.48 bits per heavy atom. The summed E-state index contributed by atoms with van der Waals surface area (Å²) in [4.78, 5) is 2.33. The molecular formula is C18H27FN2O3S. The molecule has 1 aromatic carbocycles. The first-order chi connectivity index (χ1) is 11.8. The molecule has 25 heavy (non-hydrogen) atoms. The van der Waals surface area contributed by atoms with Gasteiger partial charge in [0.2, 0.25) is 10.0 Å². The summed E-state index contributed by atoms with van der Waals surface area (Å²) in [5.41, 5.74) is 0.784. The van der Waals surface area contributed by atoms with Crippen molar-refractivity contribution in [3.63, 3.8) is 0 Å². The molecule has 0 radical (unpaired) electrons. The molecule has 2 saturated heterocycles. The molecule has 0 saturated carbocycles. The molecule has 1 spiro atoms. The molecule has 2 aliphatic heterocycles. The van der Waals surface area contributed by atoms with Crippen LogP contribution in [0.25, 0.3) is 0 Å². The predicted octanol–water partition coefficient (Wildman–Crippen LogP) is 1.95. The number of halogens is 1. The van der Waals surface area contributed by atoms with Crippen LogP contribution in [0.5, 0.6) is 0 Å². The van der Waals surface area contributed by atoms with Crippen LogP contribution in [0, 0.1) is 17.2 Å². The summed E-state index contributed by atoms with van der Waals surface area (Å²) in [6.45, 7) is 3.85. The second kappa shape index (κ2) is 7.31. The summed E-state index contributed by atoms with van der Waals surface area (Å²) < 4.78 is 45.4. The van der Waals surface area contributed by atoms with Gasteiger partial charge < -0.3 is 9.64 Å². The van der Waals surface area contributed by atoms with Crippen LogP contribution >= 0.6 is 0 Å². The lowest BCUT2D eigenvalue weighted by Crippen LogP contribution is -2.47. The molecule has 1 atom stereocenters. The maximum absolute atomic E-state index is 13.0. The van der Waals surface area contributed by atoms with E-state index in [2.05, 4.69) is 11.9 Å². The fourth-order valence-corrected chi connectivity index (χ4v) is 5.93. The first kappa shape index (κ1) is 18.8. The minimum atomic E-state index is -3.37. The highest BCUT2D eigenvalue weighted by Crippen LogP contribution is 2.44. The van der Waals surface area contributed by atoms with E-state index < -0.39 is 10.0 Å². The Bertz CT molecular complexity index is 685. The molecule has 2 heterocycles. The highest BCUT2D eigenvalue weighted by molar-refractivity contribution is 7.88. The van der Waals surface area contributed by atoms with E-state index in [1.807, 2.05) is 0 Å². The van der Waals surface area contributed by atoms with Gasteiger partial charge >= 0.3 is 0 Å². The molecule has 1 aromatic rings. The molecule has 0 aliphatic carbocycles. The van der Waals surface area contributed by atoms with Gasteiger partial charge in [-0.05, 0) is 43.0 Å². The van der Waals surface area contributed by atoms with Crippen molar-refractivity contribution in [3.8, 4) is 0 Å². The van der Waals surface area contributed by atoms with Gasteiger partial charge in [-0.25, -0.2) is 17.1 Å². The lowest BCUT2D eigenvalue weighted by molar-refractivity contribution is 0.0569. The zero-order valence-electron chi connectivity index (χ0n) is 14.9. The van der Waals surface area contributed by atoms with Crippen molar-refractivity contribution in [2.75, 3.05) is 46.9 Å². The summed E-state index contributed by atoms with van der Waals surface area (Å²) in [7, 11) is 0.478. The molecule has 1 unspecified atom stereocenters. The van der Waals surface area contributed by atoms with E-state index in [0.29, 0.717) is 24.6 Å². The SMILES string of the molecule is COCC1CN(C)CC12CCN(S(=O)(=O)Cc1ccc(F)cc1)CC2. The maximum Gasteiger partial charge on any atom is 0.218 e. The number of hydrogen-bond donors (Lipinski definition) is 0. The third-order valence-corrected chi connectivity index (χ3v) is 7.57. The average Bonchev–Trinajstić information content (AvgIpc) is 2.85. The molecule has 0 bridgehead atoms. The smallest absolute Gasteiger partial charge is 0.218 e.